The number of hydrogen-bond acceptors (Lipinski definition) is 5. The fourth-order valence-corrected chi connectivity index (χ4v) is 3.55. The van der Waals surface area contributed by atoms with E-state index in [1.54, 1.807) is 30.3 Å². The van der Waals surface area contributed by atoms with Gasteiger partial charge in [0.05, 0.1) is 5.56 Å². The Hall–Kier alpha value is -2.58. The minimum absolute atomic E-state index is 0.0656. The van der Waals surface area contributed by atoms with E-state index in [4.69, 9.17) is 4.74 Å². The second-order valence-corrected chi connectivity index (χ2v) is 7.60. The van der Waals surface area contributed by atoms with Crippen molar-refractivity contribution in [2.75, 3.05) is 44.2 Å². The van der Waals surface area contributed by atoms with Crippen LogP contribution in [0.3, 0.4) is 0 Å². The number of rotatable bonds is 8. The van der Waals surface area contributed by atoms with Gasteiger partial charge in [-0.2, -0.15) is 13.2 Å². The summed E-state index contributed by atoms with van der Waals surface area (Å²) < 4.78 is 44.4. The van der Waals surface area contributed by atoms with Gasteiger partial charge >= 0.3 is 6.18 Å². The van der Waals surface area contributed by atoms with Crippen LogP contribution in [0.1, 0.15) is 29.3 Å². The maximum atomic E-state index is 12.9. The van der Waals surface area contributed by atoms with Gasteiger partial charge < -0.3 is 14.7 Å². The molecule has 0 radical (unpaired) electrons. The molecular formula is C23H27F3N2O3. The third kappa shape index (κ3) is 6.45. The topological polar surface area (TPSA) is 53.0 Å². The maximum absolute atomic E-state index is 12.9. The third-order valence-electron chi connectivity index (χ3n) is 5.32. The number of aliphatic hydroxyl groups is 1. The quantitative estimate of drug-likeness (QED) is 0.637. The summed E-state index contributed by atoms with van der Waals surface area (Å²) in [5, 5.41) is 10.3. The highest BCUT2D eigenvalue weighted by Crippen LogP contribution is 2.31. The lowest BCUT2D eigenvalue weighted by Crippen LogP contribution is -2.49. The predicted octanol–water partition coefficient (Wildman–Crippen LogP) is 3.86. The van der Waals surface area contributed by atoms with Crippen molar-refractivity contribution in [2.45, 2.75) is 25.6 Å². The highest BCUT2D eigenvalue weighted by atomic mass is 19.4. The van der Waals surface area contributed by atoms with Gasteiger partial charge in [0.1, 0.15) is 18.5 Å². The van der Waals surface area contributed by atoms with Gasteiger partial charge in [-0.1, -0.05) is 13.0 Å². The van der Waals surface area contributed by atoms with Crippen LogP contribution in [-0.2, 0) is 6.18 Å². The standard InChI is InChI=1S/C23H27F3N2O3/c1-2-22(30)17-6-8-21(9-7-17)31-16-20(29)15-27-10-12-28(13-11-27)19-5-3-4-18(14-19)23(24,25)26/h3-9,14,20,29H,2,10-13,15-16H2,1H3/t20-/m0/s1. The molecule has 0 amide bonds. The van der Waals surface area contributed by atoms with Crippen LogP contribution in [0.5, 0.6) is 5.75 Å². The van der Waals surface area contributed by atoms with E-state index < -0.39 is 17.8 Å². The molecule has 1 heterocycles. The average molecular weight is 436 g/mol. The monoisotopic (exact) mass is 436 g/mol. The Labute approximate surface area is 180 Å². The number of alkyl halides is 3. The lowest BCUT2D eigenvalue weighted by Gasteiger charge is -2.37. The number of ether oxygens (including phenoxy) is 1. The Balaban J connectivity index is 1.44. The van der Waals surface area contributed by atoms with Crippen molar-refractivity contribution in [3.63, 3.8) is 0 Å². The number of halogens is 3. The van der Waals surface area contributed by atoms with Crippen molar-refractivity contribution in [3.05, 3.63) is 59.7 Å². The molecule has 1 fully saturated rings. The van der Waals surface area contributed by atoms with Crippen LogP contribution in [-0.4, -0.2) is 61.2 Å². The van der Waals surface area contributed by atoms with Crippen molar-refractivity contribution < 1.29 is 27.8 Å². The van der Waals surface area contributed by atoms with E-state index in [-0.39, 0.29) is 12.4 Å². The molecule has 3 rings (SSSR count). The number of β-amino-alcohol motifs (C(OH)–C–C–N with tert-alkyl or cyclic N) is 1. The highest BCUT2D eigenvalue weighted by Gasteiger charge is 2.31. The number of carbonyl (C=O) groups excluding carboxylic acids is 1. The summed E-state index contributed by atoms with van der Waals surface area (Å²) in [6.45, 7) is 4.80. The molecule has 5 nitrogen and oxygen atoms in total. The average Bonchev–Trinajstić information content (AvgIpc) is 2.77. The first kappa shape index (κ1) is 23.1. The Bertz CT molecular complexity index is 863. The molecule has 0 aromatic heterocycles. The first-order chi connectivity index (χ1) is 14.8. The first-order valence-electron chi connectivity index (χ1n) is 10.3. The number of benzene rings is 2. The minimum Gasteiger partial charge on any atom is -0.491 e. The molecule has 2 aromatic carbocycles. The number of hydrogen-bond donors (Lipinski definition) is 1. The molecule has 1 aliphatic rings. The minimum atomic E-state index is -4.35. The largest absolute Gasteiger partial charge is 0.491 e. The van der Waals surface area contributed by atoms with Crippen molar-refractivity contribution in [2.24, 2.45) is 0 Å². The van der Waals surface area contributed by atoms with E-state index in [2.05, 4.69) is 4.90 Å². The van der Waals surface area contributed by atoms with Gasteiger partial charge in [0.15, 0.2) is 5.78 Å². The number of anilines is 1. The van der Waals surface area contributed by atoms with E-state index in [0.29, 0.717) is 56.1 Å². The van der Waals surface area contributed by atoms with Crippen LogP contribution in [0.25, 0.3) is 0 Å². The molecule has 8 heteroatoms. The lowest BCUT2D eigenvalue weighted by atomic mass is 10.1. The number of aliphatic hydroxyl groups excluding tert-OH is 1. The Morgan fingerprint density at radius 1 is 1.10 bits per heavy atom. The van der Waals surface area contributed by atoms with Gasteiger partial charge in [-0.25, -0.2) is 0 Å². The molecular weight excluding hydrogens is 409 g/mol. The van der Waals surface area contributed by atoms with E-state index in [9.17, 15) is 23.1 Å². The van der Waals surface area contributed by atoms with Gasteiger partial charge in [0.25, 0.3) is 0 Å². The second kappa shape index (κ2) is 10.2. The molecule has 0 unspecified atom stereocenters. The molecule has 1 atom stereocenters. The summed E-state index contributed by atoms with van der Waals surface area (Å²) in [5.41, 5.74) is 0.546. The summed E-state index contributed by atoms with van der Waals surface area (Å²) >= 11 is 0. The summed E-state index contributed by atoms with van der Waals surface area (Å²) in [6, 6.07) is 12.2. The zero-order valence-corrected chi connectivity index (χ0v) is 17.4. The van der Waals surface area contributed by atoms with Crippen LogP contribution >= 0.6 is 0 Å². The summed E-state index contributed by atoms with van der Waals surface area (Å²) in [7, 11) is 0. The Morgan fingerprint density at radius 3 is 2.39 bits per heavy atom. The molecule has 31 heavy (non-hydrogen) atoms. The molecule has 0 aliphatic carbocycles. The Morgan fingerprint density at radius 2 is 1.77 bits per heavy atom. The molecule has 0 saturated carbocycles. The molecule has 0 bridgehead atoms. The smallest absolute Gasteiger partial charge is 0.416 e. The summed E-state index contributed by atoms with van der Waals surface area (Å²) in [6.07, 6.45) is -4.61. The molecule has 168 valence electrons. The summed E-state index contributed by atoms with van der Waals surface area (Å²) in [5.74, 6) is 0.650. The van der Waals surface area contributed by atoms with Crippen LogP contribution in [0.4, 0.5) is 18.9 Å². The zero-order valence-electron chi connectivity index (χ0n) is 17.4. The first-order valence-corrected chi connectivity index (χ1v) is 10.3. The number of nitrogens with zero attached hydrogens (tertiary/aromatic N) is 2. The van der Waals surface area contributed by atoms with Crippen molar-refractivity contribution in [3.8, 4) is 5.75 Å². The van der Waals surface area contributed by atoms with Crippen LogP contribution in [0, 0.1) is 0 Å². The Kier molecular flexibility index (Phi) is 7.56. The second-order valence-electron chi connectivity index (χ2n) is 7.60. The zero-order chi connectivity index (χ0) is 22.4. The molecule has 1 N–H and O–H groups in total. The number of Topliss-reactive ketones (excluding diaryl/α,β-unsaturated/α-hetero) is 1. The fraction of sp³-hybridized carbons (Fsp3) is 0.435. The van der Waals surface area contributed by atoms with Crippen molar-refractivity contribution in [1.82, 2.24) is 4.90 Å². The van der Waals surface area contributed by atoms with Crippen molar-refractivity contribution >= 4 is 11.5 Å². The van der Waals surface area contributed by atoms with Gasteiger partial charge in [0, 0.05) is 50.4 Å². The van der Waals surface area contributed by atoms with Crippen LogP contribution in [0.15, 0.2) is 48.5 Å². The highest BCUT2D eigenvalue weighted by molar-refractivity contribution is 5.95. The number of piperazine rings is 1. The molecule has 2 aromatic rings. The van der Waals surface area contributed by atoms with Gasteiger partial charge in [-0.3, -0.25) is 9.69 Å². The fourth-order valence-electron chi connectivity index (χ4n) is 3.55. The predicted molar refractivity (Wildman–Crippen MR) is 113 cm³/mol. The van der Waals surface area contributed by atoms with Crippen molar-refractivity contribution in [1.29, 1.82) is 0 Å². The SMILES string of the molecule is CCC(=O)c1ccc(OC[C@@H](O)CN2CCN(c3cccc(C(F)(F)F)c3)CC2)cc1. The van der Waals surface area contributed by atoms with Crippen LogP contribution < -0.4 is 9.64 Å². The number of carbonyl (C=O) groups is 1. The van der Waals surface area contributed by atoms with Gasteiger partial charge in [-0.15, -0.1) is 0 Å². The third-order valence-corrected chi connectivity index (χ3v) is 5.32. The molecule has 1 aliphatic heterocycles. The van der Waals surface area contributed by atoms with Gasteiger partial charge in [-0.05, 0) is 42.5 Å². The van der Waals surface area contributed by atoms with Gasteiger partial charge in [0.2, 0.25) is 0 Å². The van der Waals surface area contributed by atoms with Crippen LogP contribution in [0.2, 0.25) is 0 Å². The van der Waals surface area contributed by atoms with E-state index in [1.165, 1.54) is 12.1 Å². The van der Waals surface area contributed by atoms with E-state index in [1.807, 2.05) is 11.8 Å². The molecule has 0 spiro atoms. The molecule has 1 saturated heterocycles. The van der Waals surface area contributed by atoms with E-state index >= 15 is 0 Å². The summed E-state index contributed by atoms with van der Waals surface area (Å²) in [4.78, 5) is 15.6. The van der Waals surface area contributed by atoms with E-state index in [0.717, 1.165) is 6.07 Å². The normalized spacial score (nSPS) is 16.2. The number of ketones is 1. The lowest BCUT2D eigenvalue weighted by molar-refractivity contribution is -0.137. The maximum Gasteiger partial charge on any atom is 0.416 e.